The number of aliphatic hydroxyl groups is 4. The summed E-state index contributed by atoms with van der Waals surface area (Å²) in [6.45, 7) is -2.01. The molecule has 9 heterocycles. The van der Waals surface area contributed by atoms with E-state index in [-0.39, 0.29) is 34.5 Å². The molecule has 35 heteroatoms. The maximum absolute atomic E-state index is 14.0. The molecule has 16 atom stereocenters. The normalized spacial score (nSPS) is 33.0. The molecule has 0 aromatic carbocycles. The van der Waals surface area contributed by atoms with Gasteiger partial charge in [-0.1, -0.05) is 0 Å². The van der Waals surface area contributed by atoms with Gasteiger partial charge in [0.15, 0.2) is 30.1 Å². The van der Waals surface area contributed by atoms with Gasteiger partial charge >= 0.3 is 27.0 Å². The van der Waals surface area contributed by atoms with E-state index in [2.05, 4.69) is 35.6 Å². The number of aromatic nitrogens is 8. The number of carbonyl (C=O) groups excluding carboxylic acids is 2. The third-order valence-corrected chi connectivity index (χ3v) is 14.9. The molecule has 0 saturated carbocycles. The standard InChI is InChI=1S/C38H52N14O19P2/c39-21-5-9-50(37(59)46-21)35-26(55)28(18(11-53)67-35)70-73(63,64)66-13-20-29(27(56)36(69-20)51-10-6-22(40)47-38(51)60)71-72(61,62)65-12-19-23(25(54)34(68-19)52-15-45-24-30(41)43-14-44-31(24)52)48-32(57)17-4-2-8-49(17)33(58)16-3-1-7-42-16/h5-6,9-10,14-20,23,25-29,34-36,42,53-56H,1-4,7-8,11-13H2,(H,48,57)(H,61,62)(H,63,64)(H2,39,46,59)(H2,40,47,60)(H2,41,43,44)/t16-,17-,18+,19+,20+,23+,25+,26+,27+,28+,29+,34+,35+,36+/m0/s1. The number of anilines is 3. The van der Waals surface area contributed by atoms with Crippen molar-refractivity contribution < 1.29 is 81.2 Å². The summed E-state index contributed by atoms with van der Waals surface area (Å²) in [4.78, 5) is 95.9. The number of aliphatic hydroxyl groups excluding tert-OH is 4. The number of phosphoric acid groups is 2. The third kappa shape index (κ3) is 10.8. The van der Waals surface area contributed by atoms with Gasteiger partial charge in [-0.2, -0.15) is 9.97 Å². The van der Waals surface area contributed by atoms with Crippen LogP contribution in [0.2, 0.25) is 0 Å². The van der Waals surface area contributed by atoms with E-state index in [9.17, 15) is 58.5 Å². The van der Waals surface area contributed by atoms with E-state index in [1.165, 1.54) is 21.9 Å². The number of likely N-dealkylation sites (tertiary alicyclic amines) is 1. The number of nitrogens with zero attached hydrogens (tertiary/aromatic N) is 9. The van der Waals surface area contributed by atoms with E-state index in [1.807, 2.05) is 0 Å². The van der Waals surface area contributed by atoms with Crippen molar-refractivity contribution in [2.75, 3.05) is 50.1 Å². The lowest BCUT2D eigenvalue weighted by molar-refractivity contribution is -0.140. The molecular weight excluding hydrogens is 1020 g/mol. The Kier molecular flexibility index (Phi) is 15.1. The smallest absolute Gasteiger partial charge is 0.394 e. The van der Waals surface area contributed by atoms with Crippen molar-refractivity contribution >= 4 is 56.1 Å². The topological polar surface area (TPSA) is 473 Å². The van der Waals surface area contributed by atoms with E-state index >= 15 is 0 Å². The number of nitrogen functional groups attached to an aromatic ring is 3. The number of phosphoric ester groups is 2. The second-order valence-corrected chi connectivity index (χ2v) is 20.4. The lowest BCUT2D eigenvalue weighted by Gasteiger charge is -2.29. The highest BCUT2D eigenvalue weighted by atomic mass is 31.2. The van der Waals surface area contributed by atoms with Crippen LogP contribution < -0.4 is 39.2 Å². The molecule has 4 aromatic rings. The van der Waals surface area contributed by atoms with Crippen molar-refractivity contribution in [3.8, 4) is 0 Å². The minimum Gasteiger partial charge on any atom is -0.394 e. The number of ether oxygens (including phenoxy) is 3. The van der Waals surface area contributed by atoms with Gasteiger partial charge in [-0.15, -0.1) is 0 Å². The summed E-state index contributed by atoms with van der Waals surface area (Å²) in [5, 5.41) is 50.3. The van der Waals surface area contributed by atoms with Crippen LogP contribution >= 0.6 is 15.6 Å². The molecule has 5 aliphatic heterocycles. The van der Waals surface area contributed by atoms with Crippen LogP contribution in [0.5, 0.6) is 0 Å². The number of amides is 2. The van der Waals surface area contributed by atoms with Crippen LogP contribution in [0.15, 0.2) is 46.8 Å². The van der Waals surface area contributed by atoms with Crippen LogP contribution in [-0.2, 0) is 51.0 Å². The van der Waals surface area contributed by atoms with Gasteiger partial charge in [-0.05, 0) is 44.4 Å². The number of hydrogen-bond donors (Lipinski definition) is 11. The molecule has 9 rings (SSSR count). The molecule has 0 aliphatic carbocycles. The summed E-state index contributed by atoms with van der Waals surface area (Å²) in [5.74, 6) is -1.31. The highest BCUT2D eigenvalue weighted by Crippen LogP contribution is 2.52. The van der Waals surface area contributed by atoms with Crippen molar-refractivity contribution in [2.24, 2.45) is 0 Å². The lowest BCUT2D eigenvalue weighted by atomic mass is 10.1. The molecule has 4 aromatic heterocycles. The Bertz CT molecular complexity index is 2910. The Hall–Kier alpha value is -5.45. The Morgan fingerprint density at radius 1 is 0.781 bits per heavy atom. The average molecular weight is 1070 g/mol. The molecule has 33 nitrogen and oxygen atoms in total. The van der Waals surface area contributed by atoms with Crippen LogP contribution in [0.3, 0.4) is 0 Å². The SMILES string of the molecule is Nc1ccn([C@@H]2O[C@H](CO)[C@@H](OP(=O)(O)OC[C@H]3O[C@@H](n4ccc(N)nc4=O)[C@H](O)[C@@H]3OP(=O)(O)OC[C@H]3O[C@@H](n4cnc5c(N)ncnc54)[C@H](O)[C@@H]3NC(=O)[C@@H]3CCCN3C(=O)[C@@H]3CCCN3)[C@H]2O)c(=O)n1. The maximum atomic E-state index is 14.0. The molecule has 2 unspecified atom stereocenters. The predicted octanol–water partition coefficient (Wildman–Crippen LogP) is -4.91. The zero-order valence-corrected chi connectivity index (χ0v) is 39.8. The van der Waals surface area contributed by atoms with E-state index in [4.69, 9.17) is 49.5 Å². The third-order valence-electron chi connectivity index (χ3n) is 12.9. The summed E-state index contributed by atoms with van der Waals surface area (Å²) >= 11 is 0. The highest BCUT2D eigenvalue weighted by Gasteiger charge is 2.54. The van der Waals surface area contributed by atoms with Crippen LogP contribution in [0.25, 0.3) is 11.2 Å². The largest absolute Gasteiger partial charge is 0.472 e. The van der Waals surface area contributed by atoms with E-state index in [0.717, 1.165) is 40.3 Å². The lowest BCUT2D eigenvalue weighted by Crippen LogP contribution is -2.56. The summed E-state index contributed by atoms with van der Waals surface area (Å²) in [6, 6.07) is -0.476. The van der Waals surface area contributed by atoms with Crippen LogP contribution in [0, 0.1) is 0 Å². The van der Waals surface area contributed by atoms with E-state index < -0.39 is 138 Å². The number of hydrogen-bond acceptors (Lipinski definition) is 26. The molecule has 0 radical (unpaired) electrons. The first-order valence-corrected chi connectivity index (χ1v) is 25.6. The molecule has 2 amide bonds. The van der Waals surface area contributed by atoms with Crippen molar-refractivity contribution in [1.29, 1.82) is 0 Å². The maximum Gasteiger partial charge on any atom is 0.472 e. The van der Waals surface area contributed by atoms with Crippen LogP contribution in [-0.4, -0.2) is 185 Å². The van der Waals surface area contributed by atoms with Crippen molar-refractivity contribution in [1.82, 2.24) is 54.2 Å². The van der Waals surface area contributed by atoms with Gasteiger partial charge in [0, 0.05) is 18.9 Å². The zero-order valence-electron chi connectivity index (χ0n) is 38.1. The number of rotatable bonds is 17. The quantitative estimate of drug-likeness (QED) is 0.0442. The highest BCUT2D eigenvalue weighted by molar-refractivity contribution is 7.47. The number of nitrogens with one attached hydrogen (secondary N) is 2. The molecule has 73 heavy (non-hydrogen) atoms. The molecule has 398 valence electrons. The summed E-state index contributed by atoms with van der Waals surface area (Å²) in [5.41, 5.74) is 15.4. The van der Waals surface area contributed by atoms with Gasteiger partial charge in [0.1, 0.15) is 78.4 Å². The molecule has 14 N–H and O–H groups in total. The molecular formula is C38H52N14O19P2. The first-order valence-electron chi connectivity index (χ1n) is 22.6. The minimum atomic E-state index is -5.51. The van der Waals surface area contributed by atoms with Gasteiger partial charge in [-0.25, -0.2) is 33.7 Å². The molecule has 5 saturated heterocycles. The van der Waals surface area contributed by atoms with Gasteiger partial charge in [-0.3, -0.25) is 41.4 Å². The monoisotopic (exact) mass is 1070 g/mol. The Morgan fingerprint density at radius 3 is 1.95 bits per heavy atom. The summed E-state index contributed by atoms with van der Waals surface area (Å²) in [6.07, 6.45) is -12.4. The van der Waals surface area contributed by atoms with Crippen molar-refractivity contribution in [3.05, 3.63) is 58.1 Å². The Balaban J connectivity index is 0.927. The van der Waals surface area contributed by atoms with Crippen molar-refractivity contribution in [3.63, 3.8) is 0 Å². The average Bonchev–Trinajstić information content (AvgIpc) is 4.22. The van der Waals surface area contributed by atoms with Gasteiger partial charge in [0.05, 0.1) is 38.2 Å². The Labute approximate surface area is 410 Å². The molecule has 0 bridgehead atoms. The second kappa shape index (κ2) is 21.1. The van der Waals surface area contributed by atoms with Gasteiger partial charge < -0.3 is 77.2 Å². The van der Waals surface area contributed by atoms with E-state index in [0.29, 0.717) is 32.4 Å². The molecule has 0 spiro atoms. The fraction of sp³-hybridized carbons (Fsp3) is 0.605. The minimum absolute atomic E-state index is 0.00362. The van der Waals surface area contributed by atoms with Crippen LogP contribution in [0.4, 0.5) is 17.5 Å². The van der Waals surface area contributed by atoms with Crippen molar-refractivity contribution in [2.45, 2.75) is 111 Å². The summed E-state index contributed by atoms with van der Waals surface area (Å²) in [7, 11) is -10.9. The zero-order chi connectivity index (χ0) is 52.1. The van der Waals surface area contributed by atoms with Gasteiger partial charge in [0.25, 0.3) is 0 Å². The predicted molar refractivity (Wildman–Crippen MR) is 241 cm³/mol. The molecule has 5 aliphatic rings. The van der Waals surface area contributed by atoms with Crippen LogP contribution in [0.1, 0.15) is 44.4 Å². The first kappa shape index (κ1) is 52.4. The van der Waals surface area contributed by atoms with E-state index in [1.54, 1.807) is 0 Å². The number of imidazole rings is 1. The fourth-order valence-electron chi connectivity index (χ4n) is 9.39. The van der Waals surface area contributed by atoms with Gasteiger partial charge in [0.2, 0.25) is 11.8 Å². The first-order chi connectivity index (χ1) is 34.7. The number of carbonyl (C=O) groups is 2. The molecule has 5 fully saturated rings. The number of fused-ring (bicyclic) bond motifs is 1. The Morgan fingerprint density at radius 2 is 1.36 bits per heavy atom. The fourth-order valence-corrected chi connectivity index (χ4v) is 11.3. The number of nitrogens with two attached hydrogens (primary N) is 3. The summed E-state index contributed by atoms with van der Waals surface area (Å²) < 4.78 is 68.9. The second-order valence-electron chi connectivity index (χ2n) is 17.6.